The summed E-state index contributed by atoms with van der Waals surface area (Å²) in [4.78, 5) is 15.2. The summed E-state index contributed by atoms with van der Waals surface area (Å²) in [6.45, 7) is 0. The van der Waals surface area contributed by atoms with E-state index in [1.54, 1.807) is 0 Å². The monoisotopic (exact) mass is 1410 g/mol. The third-order valence-electron chi connectivity index (χ3n) is 3.59. The Bertz CT molecular complexity index is 893. The zero-order chi connectivity index (χ0) is 25.3. The van der Waals surface area contributed by atoms with E-state index in [2.05, 4.69) is 141 Å². The van der Waals surface area contributed by atoms with Crippen LogP contribution in [-0.2, 0) is 28.2 Å². The second kappa shape index (κ2) is 22.0. The fraction of sp³-hybridized carbons (Fsp3) is 0.250. The first kappa shape index (κ1) is 35.3. The maximum absolute atomic E-state index is 4.33. The number of aryl methyl sites for hydroxylation is 4. The van der Waals surface area contributed by atoms with Gasteiger partial charge >= 0.3 is 288 Å². The van der Waals surface area contributed by atoms with Crippen LogP contribution in [0.4, 0.5) is 0 Å². The first-order chi connectivity index (χ1) is 16.4. The number of hydrogen-bond acceptors (Lipinski definition) is 2. The molecule has 0 fully saturated rings. The molecule has 0 unspecified atom stereocenters. The Morgan fingerprint density at radius 3 is 1.32 bits per heavy atom. The van der Waals surface area contributed by atoms with E-state index >= 15 is 0 Å². The van der Waals surface area contributed by atoms with Crippen LogP contribution in [0.2, 0.25) is 0 Å². The van der Waals surface area contributed by atoms with Crippen LogP contribution in [0.3, 0.4) is 0 Å². The van der Waals surface area contributed by atoms with E-state index < -0.39 is 0 Å². The normalized spacial score (nSPS) is 10.1. The molecule has 0 saturated carbocycles. The number of aromatic nitrogens is 8. The summed E-state index contributed by atoms with van der Waals surface area (Å²) in [5, 5.41) is 0. The van der Waals surface area contributed by atoms with Gasteiger partial charge in [0.05, 0.1) is 0 Å². The van der Waals surface area contributed by atoms with E-state index in [1.807, 2.05) is 49.6 Å². The van der Waals surface area contributed by atoms with E-state index in [9.17, 15) is 0 Å². The number of hydrogen-bond donors (Lipinski definition) is 2. The number of nitrogens with zero attached hydrogens (tertiary/aromatic N) is 6. The van der Waals surface area contributed by atoms with Crippen molar-refractivity contribution < 1.29 is 35.6 Å². The van der Waals surface area contributed by atoms with Gasteiger partial charge in [-0.25, -0.2) is 0 Å². The van der Waals surface area contributed by atoms with Crippen molar-refractivity contribution in [2.24, 2.45) is 28.2 Å². The molecule has 0 bridgehead atoms. The van der Waals surface area contributed by atoms with Crippen molar-refractivity contribution in [2.75, 3.05) is 0 Å². The molecule has 0 atom stereocenters. The van der Waals surface area contributed by atoms with Crippen molar-refractivity contribution in [1.29, 1.82) is 0 Å². The van der Waals surface area contributed by atoms with Crippen molar-refractivity contribution in [3.05, 3.63) is 49.6 Å². The molecule has 4 rings (SSSR count). The molecule has 2 N–H and O–H groups in total. The molecular weight excluding hydrogens is 1380 g/mol. The Kier molecular flexibility index (Phi) is 22.9. The summed E-state index contributed by atoms with van der Waals surface area (Å²) in [7, 11) is 8.24. The number of halogens is 6. The zero-order valence-electron chi connectivity index (χ0n) is 18.2. The minimum absolute atomic E-state index is 0.466. The Morgan fingerprint density at radius 1 is 0.735 bits per heavy atom. The Morgan fingerprint density at radius 2 is 1.09 bits per heavy atom. The topological polar surface area (TPSA) is 75.0 Å². The number of H-pyrrole nitrogens is 2. The van der Waals surface area contributed by atoms with Crippen LogP contribution >= 0.6 is 74.5 Å². The van der Waals surface area contributed by atoms with Gasteiger partial charge < -0.3 is 0 Å². The predicted molar refractivity (Wildman–Crippen MR) is 168 cm³/mol. The third-order valence-corrected chi connectivity index (χ3v) is 17.1. The van der Waals surface area contributed by atoms with Gasteiger partial charge in [-0.05, 0) is 0 Å². The summed E-state index contributed by atoms with van der Waals surface area (Å²) >= 11 is 12.5. The van der Waals surface area contributed by atoms with E-state index in [-0.39, 0.29) is 0 Å². The number of rotatable bonds is 6. The van der Waals surface area contributed by atoms with Crippen molar-refractivity contribution in [1.82, 2.24) is 29.1 Å². The van der Waals surface area contributed by atoms with Gasteiger partial charge in [0, 0.05) is 0 Å². The zero-order valence-corrected chi connectivity index (χ0v) is 38.0. The molecule has 18 heteroatoms. The molecule has 0 radical (unpaired) electrons. The van der Waals surface area contributed by atoms with Crippen LogP contribution < -0.4 is 54.5 Å². The molecule has 0 aliphatic rings. The average molecular weight is 1400 g/mol. The van der Waals surface area contributed by atoms with E-state index in [0.29, 0.717) is 79.0 Å². The van der Waals surface area contributed by atoms with E-state index in [0.717, 1.165) is 0 Å². The van der Waals surface area contributed by atoms with E-state index in [4.69, 9.17) is 0 Å². The van der Waals surface area contributed by atoms with Crippen LogP contribution in [0.1, 0.15) is 0 Å². The van der Waals surface area contributed by atoms with Crippen LogP contribution in [0.15, 0.2) is 49.6 Å². The van der Waals surface area contributed by atoms with Gasteiger partial charge in [0.2, 0.25) is 0 Å². The molecule has 0 aliphatic carbocycles. The molecule has 0 aliphatic heterocycles. The van der Waals surface area contributed by atoms with Crippen molar-refractivity contribution >= 4 is 146 Å². The predicted octanol–water partition coefficient (Wildman–Crippen LogP) is -6.76. The molecule has 0 amide bonds. The van der Waals surface area contributed by atoms with Gasteiger partial charge in [0.1, 0.15) is 0 Å². The van der Waals surface area contributed by atoms with Gasteiger partial charge in [0.25, 0.3) is 0 Å². The SMILES string of the molecule is Cn1ccnc1[Se][Se]c1[nH]cc[n+]1C.Cn1ccnc1[Se][Se]c1[nH]cc[n+]1C.I[I-]I.I[I-]I. The summed E-state index contributed by atoms with van der Waals surface area (Å²) in [6, 6.07) is 0. The first-order valence-electron chi connectivity index (χ1n) is 8.81. The van der Waals surface area contributed by atoms with Crippen molar-refractivity contribution in [3.63, 3.8) is 0 Å². The summed E-state index contributed by atoms with van der Waals surface area (Å²) < 4.78 is 13.6. The van der Waals surface area contributed by atoms with Crippen LogP contribution in [0.25, 0.3) is 0 Å². The summed E-state index contributed by atoms with van der Waals surface area (Å²) in [6.07, 6.45) is 15.8. The Labute approximate surface area is 282 Å². The molecule has 8 nitrogen and oxygen atoms in total. The summed E-state index contributed by atoms with van der Waals surface area (Å²) in [5.41, 5.74) is 0. The molecule has 34 heavy (non-hydrogen) atoms. The van der Waals surface area contributed by atoms with Crippen molar-refractivity contribution in [2.45, 2.75) is 0 Å². The van der Waals surface area contributed by atoms with Crippen LogP contribution in [-0.4, -0.2) is 81.6 Å². The maximum atomic E-state index is 4.33. The molecule has 192 valence electrons. The molecule has 4 aromatic heterocycles. The van der Waals surface area contributed by atoms with Gasteiger partial charge in [-0.1, -0.05) is 0 Å². The molecule has 4 aromatic rings. The van der Waals surface area contributed by atoms with Gasteiger partial charge in [-0.2, -0.15) is 0 Å². The number of aromatic amines is 2. The Balaban J connectivity index is 0.000000277. The van der Waals surface area contributed by atoms with E-state index in [1.165, 1.54) is 18.9 Å². The number of imidazole rings is 4. The molecule has 4 heterocycles. The van der Waals surface area contributed by atoms with Crippen LogP contribution in [0.5, 0.6) is 0 Å². The number of nitrogens with one attached hydrogen (secondary N) is 2. The molecule has 0 aromatic carbocycles. The molecular formula is C16H22I6N8Se4. The molecule has 0 spiro atoms. The van der Waals surface area contributed by atoms with Crippen molar-refractivity contribution in [3.8, 4) is 0 Å². The standard InChI is InChI=1S/2C8H10N4Se2.2I3/c2*1-11-5-3-9-7(11)13-14-8-10-4-6-12(8)2;2*1-3-2/h2*3-6H,1-2H3;;/q;;2*-1/p+2. The minimum atomic E-state index is 0.466. The first-order valence-corrected chi connectivity index (χ1v) is 46.0. The van der Waals surface area contributed by atoms with Crippen LogP contribution in [0, 0.1) is 0 Å². The quantitative estimate of drug-likeness (QED) is 0.115. The molecule has 0 saturated heterocycles. The second-order valence-corrected chi connectivity index (χ2v) is 50.1. The Hall–Kier alpha value is 3.30. The second-order valence-electron chi connectivity index (χ2n) is 5.84. The van der Waals surface area contributed by atoms with Gasteiger partial charge in [-0.15, -0.1) is 0 Å². The average Bonchev–Trinajstić information content (AvgIpc) is 3.58. The fourth-order valence-corrected chi connectivity index (χ4v) is 15.5. The van der Waals surface area contributed by atoms with Gasteiger partial charge in [-0.3, -0.25) is 0 Å². The van der Waals surface area contributed by atoms with Gasteiger partial charge in [0.15, 0.2) is 0 Å². The summed E-state index contributed by atoms with van der Waals surface area (Å²) in [5.74, 6) is 0. The fourth-order valence-electron chi connectivity index (χ4n) is 1.96. The third kappa shape index (κ3) is 14.6.